The van der Waals surface area contributed by atoms with Crippen molar-refractivity contribution in [3.63, 3.8) is 0 Å². The number of nitrogens with zero attached hydrogens (tertiary/aromatic N) is 1. The third-order valence-corrected chi connectivity index (χ3v) is 3.51. The smallest absolute Gasteiger partial charge is 0.256 e. The van der Waals surface area contributed by atoms with Crippen LogP contribution in [0.3, 0.4) is 0 Å². The first kappa shape index (κ1) is 12.1. The van der Waals surface area contributed by atoms with E-state index in [1.54, 1.807) is 0 Å². The average Bonchev–Trinajstić information content (AvgIpc) is 2.72. The molecule has 1 heterocycles. The van der Waals surface area contributed by atoms with Crippen molar-refractivity contribution in [3.05, 3.63) is 21.7 Å². The molecule has 17 heavy (non-hydrogen) atoms. The second-order valence-corrected chi connectivity index (χ2v) is 4.89. The van der Waals surface area contributed by atoms with Gasteiger partial charge in [-0.3, -0.25) is 4.79 Å². The minimum Gasteiger partial charge on any atom is -0.383 e. The number of nitrogen functional groups attached to an aromatic ring is 1. The quantitative estimate of drug-likeness (QED) is 0.730. The minimum atomic E-state index is -0.488. The molecule has 0 bridgehead atoms. The van der Waals surface area contributed by atoms with E-state index in [0.29, 0.717) is 23.6 Å². The van der Waals surface area contributed by atoms with Gasteiger partial charge in [-0.15, -0.1) is 0 Å². The molecule has 0 radical (unpaired) electrons. The molecule has 1 aromatic rings. The highest BCUT2D eigenvalue weighted by atomic mass is 16.1. The summed E-state index contributed by atoms with van der Waals surface area (Å²) in [5, 5.41) is 0. The van der Waals surface area contributed by atoms with Crippen LogP contribution in [0.15, 0.2) is 4.79 Å². The molecule has 1 saturated carbocycles. The van der Waals surface area contributed by atoms with Crippen molar-refractivity contribution < 1.29 is 0 Å². The summed E-state index contributed by atoms with van der Waals surface area (Å²) in [6.45, 7) is 2.01. The number of aromatic amines is 1. The van der Waals surface area contributed by atoms with Gasteiger partial charge in [0, 0.05) is 0 Å². The van der Waals surface area contributed by atoms with Gasteiger partial charge < -0.3 is 16.5 Å². The predicted molar refractivity (Wildman–Crippen MR) is 67.6 cm³/mol. The van der Waals surface area contributed by atoms with Gasteiger partial charge in [0.15, 0.2) is 0 Å². The van der Waals surface area contributed by atoms with Crippen LogP contribution in [-0.2, 0) is 12.0 Å². The van der Waals surface area contributed by atoms with Crippen LogP contribution in [0.25, 0.3) is 0 Å². The summed E-state index contributed by atoms with van der Waals surface area (Å²) in [5.74, 6) is 0.889. The van der Waals surface area contributed by atoms with Crippen molar-refractivity contribution in [1.82, 2.24) is 9.97 Å². The zero-order valence-corrected chi connectivity index (χ0v) is 10.3. The lowest BCUT2D eigenvalue weighted by molar-refractivity contribution is 0.430. The predicted octanol–water partition coefficient (Wildman–Crippen LogP) is 1.03. The number of hydrogen-bond donors (Lipinski definition) is 3. The Morgan fingerprint density at radius 2 is 2.06 bits per heavy atom. The van der Waals surface area contributed by atoms with Gasteiger partial charge in [0.2, 0.25) is 0 Å². The van der Waals surface area contributed by atoms with E-state index in [0.717, 1.165) is 32.1 Å². The molecule has 1 aliphatic rings. The summed E-state index contributed by atoms with van der Waals surface area (Å²) in [6, 6.07) is 0. The topological polar surface area (TPSA) is 97.8 Å². The number of nitrogens with two attached hydrogens (primary N) is 2. The summed E-state index contributed by atoms with van der Waals surface area (Å²) in [4.78, 5) is 19.0. The molecule has 0 amide bonds. The number of hydrogen-bond acceptors (Lipinski definition) is 4. The molecule has 1 aromatic heterocycles. The molecule has 5 heteroatoms. The zero-order valence-electron chi connectivity index (χ0n) is 10.3. The maximum Gasteiger partial charge on any atom is 0.256 e. The molecular formula is C12H20N4O. The van der Waals surface area contributed by atoms with Gasteiger partial charge in [-0.05, 0) is 19.3 Å². The maximum atomic E-state index is 11.9. The lowest BCUT2D eigenvalue weighted by Crippen LogP contribution is -2.38. The van der Waals surface area contributed by atoms with Gasteiger partial charge >= 0.3 is 0 Å². The van der Waals surface area contributed by atoms with Gasteiger partial charge in [0.05, 0.1) is 11.1 Å². The molecule has 0 saturated heterocycles. The molecule has 1 aliphatic carbocycles. The van der Waals surface area contributed by atoms with Gasteiger partial charge in [0.25, 0.3) is 5.56 Å². The summed E-state index contributed by atoms with van der Waals surface area (Å²) in [5.41, 5.74) is 12.1. The highest BCUT2D eigenvalue weighted by Gasteiger charge is 2.34. The monoisotopic (exact) mass is 236 g/mol. The Hall–Kier alpha value is -1.36. The van der Waals surface area contributed by atoms with Gasteiger partial charge in [-0.2, -0.15) is 0 Å². The Morgan fingerprint density at radius 3 is 2.59 bits per heavy atom. The van der Waals surface area contributed by atoms with E-state index in [-0.39, 0.29) is 5.56 Å². The Morgan fingerprint density at radius 1 is 1.41 bits per heavy atom. The molecule has 0 unspecified atom stereocenters. The van der Waals surface area contributed by atoms with E-state index in [9.17, 15) is 4.79 Å². The van der Waals surface area contributed by atoms with E-state index in [1.165, 1.54) is 0 Å². The van der Waals surface area contributed by atoms with Crippen LogP contribution in [0.1, 0.15) is 50.4 Å². The largest absolute Gasteiger partial charge is 0.383 e. The van der Waals surface area contributed by atoms with Crippen molar-refractivity contribution in [3.8, 4) is 0 Å². The van der Waals surface area contributed by atoms with E-state index in [1.807, 2.05) is 6.92 Å². The fraction of sp³-hybridized carbons (Fsp3) is 0.667. The maximum absolute atomic E-state index is 11.9. The minimum absolute atomic E-state index is 0.133. The molecule has 0 aliphatic heterocycles. The van der Waals surface area contributed by atoms with Crippen LogP contribution in [0.5, 0.6) is 0 Å². The molecule has 0 atom stereocenters. The molecule has 0 spiro atoms. The molecular weight excluding hydrogens is 216 g/mol. The van der Waals surface area contributed by atoms with Crippen LogP contribution in [0.2, 0.25) is 0 Å². The lowest BCUT2D eigenvalue weighted by Gasteiger charge is -2.22. The Balaban J connectivity index is 2.41. The van der Waals surface area contributed by atoms with Gasteiger partial charge in [-0.1, -0.05) is 26.2 Å². The van der Waals surface area contributed by atoms with E-state index < -0.39 is 5.54 Å². The highest BCUT2D eigenvalue weighted by Crippen LogP contribution is 2.34. The van der Waals surface area contributed by atoms with Crippen LogP contribution in [0.4, 0.5) is 5.82 Å². The molecule has 1 fully saturated rings. The summed E-state index contributed by atoms with van der Waals surface area (Å²) >= 11 is 0. The standard InChI is InChI=1S/C12H20N4O/c1-2-5-8-9(13)15-11(16-10(8)17)12(14)6-3-4-7-12/h2-7,14H2,1H3,(H3,13,15,16,17). The first-order chi connectivity index (χ1) is 8.07. The second-order valence-electron chi connectivity index (χ2n) is 4.89. The first-order valence-electron chi connectivity index (χ1n) is 6.25. The number of rotatable bonds is 3. The fourth-order valence-electron chi connectivity index (χ4n) is 2.49. The normalized spacial score (nSPS) is 18.5. The summed E-state index contributed by atoms with van der Waals surface area (Å²) in [7, 11) is 0. The van der Waals surface area contributed by atoms with Crippen molar-refractivity contribution >= 4 is 5.82 Å². The number of aromatic nitrogens is 2. The summed E-state index contributed by atoms with van der Waals surface area (Å²) in [6.07, 6.45) is 5.42. The highest BCUT2D eigenvalue weighted by molar-refractivity contribution is 5.38. The van der Waals surface area contributed by atoms with Crippen LogP contribution >= 0.6 is 0 Å². The Bertz CT molecular complexity index is 460. The van der Waals surface area contributed by atoms with Crippen LogP contribution < -0.4 is 17.0 Å². The molecule has 94 valence electrons. The first-order valence-corrected chi connectivity index (χ1v) is 6.25. The van der Waals surface area contributed by atoms with Crippen LogP contribution in [-0.4, -0.2) is 9.97 Å². The number of nitrogens with one attached hydrogen (secondary N) is 1. The zero-order chi connectivity index (χ0) is 12.5. The lowest BCUT2D eigenvalue weighted by atomic mass is 9.98. The third kappa shape index (κ3) is 2.20. The average molecular weight is 236 g/mol. The van der Waals surface area contributed by atoms with E-state index in [4.69, 9.17) is 11.5 Å². The van der Waals surface area contributed by atoms with Gasteiger partial charge in [0.1, 0.15) is 11.6 Å². The molecule has 5 N–H and O–H groups in total. The summed E-state index contributed by atoms with van der Waals surface area (Å²) < 4.78 is 0. The fourth-order valence-corrected chi connectivity index (χ4v) is 2.49. The molecule has 2 rings (SSSR count). The SMILES string of the molecule is CCCc1c(N)nc(C2(N)CCCC2)[nH]c1=O. The molecule has 5 nitrogen and oxygen atoms in total. The van der Waals surface area contributed by atoms with Crippen molar-refractivity contribution in [2.75, 3.05) is 5.73 Å². The Labute approximate surface area is 101 Å². The third-order valence-electron chi connectivity index (χ3n) is 3.51. The van der Waals surface area contributed by atoms with Crippen molar-refractivity contribution in [2.24, 2.45) is 5.73 Å². The van der Waals surface area contributed by atoms with Crippen molar-refractivity contribution in [1.29, 1.82) is 0 Å². The van der Waals surface area contributed by atoms with Gasteiger partial charge in [-0.25, -0.2) is 4.98 Å². The van der Waals surface area contributed by atoms with E-state index >= 15 is 0 Å². The van der Waals surface area contributed by atoms with E-state index in [2.05, 4.69) is 9.97 Å². The van der Waals surface area contributed by atoms with Crippen molar-refractivity contribution in [2.45, 2.75) is 51.0 Å². The Kier molecular flexibility index (Phi) is 3.19. The number of anilines is 1. The number of H-pyrrole nitrogens is 1. The second kappa shape index (κ2) is 4.49. The molecule has 0 aromatic carbocycles. The van der Waals surface area contributed by atoms with Crippen LogP contribution in [0, 0.1) is 0 Å².